The number of nitrogens with zero attached hydrogens (tertiary/aromatic N) is 1. The summed E-state index contributed by atoms with van der Waals surface area (Å²) >= 11 is 3.01. The maximum atomic E-state index is 11.9. The predicted octanol–water partition coefficient (Wildman–Crippen LogP) is 1.78. The molecule has 1 heterocycles. The normalized spacial score (nSPS) is 11.5. The van der Waals surface area contributed by atoms with Gasteiger partial charge in [0, 0.05) is 12.1 Å². The van der Waals surface area contributed by atoms with Crippen LogP contribution in [-0.4, -0.2) is 11.3 Å². The van der Waals surface area contributed by atoms with Crippen LogP contribution < -0.4 is 16.2 Å². The molecule has 0 unspecified atom stereocenters. The number of halogens is 4. The Bertz CT molecular complexity index is 369. The zero-order valence-corrected chi connectivity index (χ0v) is 8.89. The van der Waals surface area contributed by atoms with Crippen molar-refractivity contribution in [2.75, 3.05) is 5.73 Å². The fourth-order valence-electron chi connectivity index (χ4n) is 0.874. The minimum absolute atomic E-state index is 0.0298. The van der Waals surface area contributed by atoms with Gasteiger partial charge in [0.2, 0.25) is 0 Å². The van der Waals surface area contributed by atoms with Crippen LogP contribution in [0.5, 0.6) is 5.75 Å². The lowest BCUT2D eigenvalue weighted by Crippen LogP contribution is -2.19. The molecule has 0 amide bonds. The summed E-state index contributed by atoms with van der Waals surface area (Å²) in [4.78, 5) is 3.62. The van der Waals surface area contributed by atoms with Gasteiger partial charge in [0.1, 0.15) is 4.60 Å². The van der Waals surface area contributed by atoms with Gasteiger partial charge in [-0.25, -0.2) is 4.98 Å². The zero-order valence-electron chi connectivity index (χ0n) is 7.31. The Morgan fingerprint density at radius 2 is 2.07 bits per heavy atom. The number of hydrogen-bond donors (Lipinski definition) is 2. The molecule has 4 N–H and O–H groups in total. The van der Waals surface area contributed by atoms with E-state index < -0.39 is 12.1 Å². The molecule has 0 aliphatic carbocycles. The van der Waals surface area contributed by atoms with E-state index in [1.54, 1.807) is 0 Å². The smallest absolute Gasteiger partial charge is 0.402 e. The molecular formula is C7H7BrF3N3O. The Morgan fingerprint density at radius 3 is 2.53 bits per heavy atom. The Balaban J connectivity index is 3.08. The van der Waals surface area contributed by atoms with Crippen molar-refractivity contribution in [1.82, 2.24) is 4.98 Å². The van der Waals surface area contributed by atoms with Gasteiger partial charge in [-0.15, -0.1) is 13.2 Å². The van der Waals surface area contributed by atoms with E-state index in [9.17, 15) is 13.2 Å². The van der Waals surface area contributed by atoms with Crippen LogP contribution in [0.1, 0.15) is 5.56 Å². The topological polar surface area (TPSA) is 74.2 Å². The molecule has 84 valence electrons. The van der Waals surface area contributed by atoms with Crippen LogP contribution in [0.3, 0.4) is 0 Å². The number of nitrogens with two attached hydrogens (primary N) is 2. The first-order valence-electron chi connectivity index (χ1n) is 3.74. The third-order valence-corrected chi connectivity index (χ3v) is 2.17. The second kappa shape index (κ2) is 4.23. The van der Waals surface area contributed by atoms with Gasteiger partial charge in [0.15, 0.2) is 11.6 Å². The summed E-state index contributed by atoms with van der Waals surface area (Å²) in [5, 5.41) is 0. The minimum atomic E-state index is -4.80. The molecule has 0 saturated carbocycles. The summed E-state index contributed by atoms with van der Waals surface area (Å²) in [6.45, 7) is 0.0298. The molecule has 1 rings (SSSR count). The van der Waals surface area contributed by atoms with E-state index in [1.165, 1.54) is 0 Å². The Labute approximate surface area is 91.5 Å². The molecule has 0 aliphatic rings. The third kappa shape index (κ3) is 3.24. The summed E-state index contributed by atoms with van der Waals surface area (Å²) in [6, 6.07) is 1.10. The highest BCUT2D eigenvalue weighted by Crippen LogP contribution is 2.30. The van der Waals surface area contributed by atoms with E-state index in [-0.39, 0.29) is 12.4 Å². The number of hydrogen-bond acceptors (Lipinski definition) is 4. The van der Waals surface area contributed by atoms with E-state index in [4.69, 9.17) is 11.5 Å². The molecular weight excluding hydrogens is 279 g/mol. The molecule has 8 heteroatoms. The molecule has 0 aliphatic heterocycles. The minimum Gasteiger partial charge on any atom is -0.402 e. The monoisotopic (exact) mass is 285 g/mol. The highest BCUT2D eigenvalue weighted by Gasteiger charge is 2.32. The van der Waals surface area contributed by atoms with Crippen molar-refractivity contribution in [1.29, 1.82) is 0 Å². The first-order chi connectivity index (χ1) is 6.83. The van der Waals surface area contributed by atoms with Crippen LogP contribution in [0.2, 0.25) is 0 Å². The lowest BCUT2D eigenvalue weighted by molar-refractivity contribution is -0.274. The Kier molecular flexibility index (Phi) is 3.40. The predicted molar refractivity (Wildman–Crippen MR) is 50.9 cm³/mol. The van der Waals surface area contributed by atoms with Crippen molar-refractivity contribution >= 4 is 21.7 Å². The van der Waals surface area contributed by atoms with Gasteiger partial charge in [0.25, 0.3) is 0 Å². The fourth-order valence-corrected chi connectivity index (χ4v) is 1.34. The highest BCUT2D eigenvalue weighted by atomic mass is 79.9. The molecule has 0 bridgehead atoms. The summed E-state index contributed by atoms with van der Waals surface area (Å²) in [5.41, 5.74) is 10.9. The summed E-state index contributed by atoms with van der Waals surface area (Å²) < 4.78 is 39.7. The van der Waals surface area contributed by atoms with E-state index in [0.717, 1.165) is 6.07 Å². The van der Waals surface area contributed by atoms with Crippen LogP contribution in [0.25, 0.3) is 0 Å². The van der Waals surface area contributed by atoms with Gasteiger partial charge in [-0.05, 0) is 22.0 Å². The summed E-state index contributed by atoms with van der Waals surface area (Å²) in [5.74, 6) is -0.900. The maximum absolute atomic E-state index is 11.9. The van der Waals surface area contributed by atoms with E-state index in [0.29, 0.717) is 10.2 Å². The number of anilines is 1. The first-order valence-corrected chi connectivity index (χ1v) is 4.53. The Morgan fingerprint density at radius 1 is 1.47 bits per heavy atom. The molecule has 0 saturated heterocycles. The standard InChI is InChI=1S/C7H7BrF3N3O/c8-5-3(2-12)1-4(6(13)14-5)15-7(9,10)11/h1H,2,12H2,(H2,13,14). The Hall–Kier alpha value is -1.02. The molecule has 15 heavy (non-hydrogen) atoms. The van der Waals surface area contributed by atoms with E-state index in [1.807, 2.05) is 0 Å². The highest BCUT2D eigenvalue weighted by molar-refractivity contribution is 9.10. The number of rotatable bonds is 2. The third-order valence-electron chi connectivity index (χ3n) is 1.49. The van der Waals surface area contributed by atoms with Gasteiger partial charge in [-0.2, -0.15) is 0 Å². The SMILES string of the molecule is NCc1cc(OC(F)(F)F)c(N)nc1Br. The second-order valence-corrected chi connectivity index (χ2v) is 3.32. The fraction of sp³-hybridized carbons (Fsp3) is 0.286. The number of nitrogen functional groups attached to an aromatic ring is 1. The van der Waals surface area contributed by atoms with Crippen molar-refractivity contribution in [3.63, 3.8) is 0 Å². The van der Waals surface area contributed by atoms with Crippen LogP contribution >= 0.6 is 15.9 Å². The van der Waals surface area contributed by atoms with Crippen molar-refractivity contribution in [2.24, 2.45) is 5.73 Å². The molecule has 0 aromatic carbocycles. The van der Waals surface area contributed by atoms with Crippen LogP contribution in [0, 0.1) is 0 Å². The van der Waals surface area contributed by atoms with Gasteiger partial charge < -0.3 is 16.2 Å². The molecule has 0 fully saturated rings. The van der Waals surface area contributed by atoms with Crippen molar-refractivity contribution in [3.05, 3.63) is 16.2 Å². The summed E-state index contributed by atoms with van der Waals surface area (Å²) in [7, 11) is 0. The second-order valence-electron chi connectivity index (χ2n) is 2.57. The van der Waals surface area contributed by atoms with Gasteiger partial charge in [0.05, 0.1) is 0 Å². The van der Waals surface area contributed by atoms with Crippen LogP contribution in [-0.2, 0) is 6.54 Å². The molecule has 1 aromatic heterocycles. The number of alkyl halides is 3. The van der Waals surface area contributed by atoms with E-state index in [2.05, 4.69) is 25.7 Å². The molecule has 4 nitrogen and oxygen atoms in total. The molecule has 0 atom stereocenters. The lowest BCUT2D eigenvalue weighted by Gasteiger charge is -2.12. The largest absolute Gasteiger partial charge is 0.573 e. The van der Waals surface area contributed by atoms with Gasteiger partial charge in [-0.3, -0.25) is 0 Å². The zero-order chi connectivity index (χ0) is 11.6. The average molecular weight is 286 g/mol. The maximum Gasteiger partial charge on any atom is 0.573 e. The number of ether oxygens (including phenoxy) is 1. The van der Waals surface area contributed by atoms with E-state index >= 15 is 0 Å². The van der Waals surface area contributed by atoms with Gasteiger partial charge >= 0.3 is 6.36 Å². The number of pyridine rings is 1. The molecule has 0 spiro atoms. The summed E-state index contributed by atoms with van der Waals surface area (Å²) in [6.07, 6.45) is -4.80. The van der Waals surface area contributed by atoms with Crippen LogP contribution in [0.15, 0.2) is 10.7 Å². The molecule has 1 aromatic rings. The first kappa shape index (κ1) is 12.1. The van der Waals surface area contributed by atoms with Crippen molar-refractivity contribution < 1.29 is 17.9 Å². The quantitative estimate of drug-likeness (QED) is 0.813. The molecule has 0 radical (unpaired) electrons. The van der Waals surface area contributed by atoms with Crippen molar-refractivity contribution in [3.8, 4) is 5.75 Å². The average Bonchev–Trinajstić information content (AvgIpc) is 2.07. The number of aromatic nitrogens is 1. The van der Waals surface area contributed by atoms with Crippen molar-refractivity contribution in [2.45, 2.75) is 12.9 Å². The lowest BCUT2D eigenvalue weighted by atomic mass is 10.3. The van der Waals surface area contributed by atoms with Gasteiger partial charge in [-0.1, -0.05) is 0 Å². The van der Waals surface area contributed by atoms with Crippen LogP contribution in [0.4, 0.5) is 19.0 Å².